The number of carbonyl (C=O) groups excluding carboxylic acids is 1. The van der Waals surface area contributed by atoms with E-state index in [1.165, 1.54) is 6.42 Å². The van der Waals surface area contributed by atoms with Crippen molar-refractivity contribution in [2.45, 2.75) is 45.2 Å². The molecule has 1 heterocycles. The third kappa shape index (κ3) is 3.11. The zero-order chi connectivity index (χ0) is 14.2. The van der Waals surface area contributed by atoms with E-state index >= 15 is 0 Å². The average molecular weight is 267 g/mol. The van der Waals surface area contributed by atoms with Gasteiger partial charge in [-0.1, -0.05) is 13.8 Å². The van der Waals surface area contributed by atoms with E-state index in [0.717, 1.165) is 25.9 Å². The number of likely N-dealkylation sites (tertiary alicyclic amines) is 1. The minimum Gasteiger partial charge on any atom is -0.340 e. The van der Waals surface area contributed by atoms with Crippen LogP contribution in [0.15, 0.2) is 0 Å². The predicted molar refractivity (Wildman–Crippen MR) is 77.7 cm³/mol. The molecule has 1 saturated heterocycles. The highest BCUT2D eigenvalue weighted by molar-refractivity contribution is 5.80. The summed E-state index contributed by atoms with van der Waals surface area (Å²) >= 11 is 0. The summed E-state index contributed by atoms with van der Waals surface area (Å²) in [5.74, 6) is 1.54. The predicted octanol–water partition coefficient (Wildman–Crippen LogP) is 1.16. The third-order valence-electron chi connectivity index (χ3n) is 5.03. The fourth-order valence-corrected chi connectivity index (χ4v) is 3.72. The summed E-state index contributed by atoms with van der Waals surface area (Å²) < 4.78 is 0. The number of nitrogens with two attached hydrogens (primary N) is 1. The summed E-state index contributed by atoms with van der Waals surface area (Å²) in [7, 11) is 4.20. The maximum Gasteiger partial charge on any atom is 0.227 e. The Kier molecular flexibility index (Phi) is 4.51. The first kappa shape index (κ1) is 14.8. The summed E-state index contributed by atoms with van der Waals surface area (Å²) in [5.41, 5.74) is 6.18. The molecule has 4 nitrogen and oxygen atoms in total. The zero-order valence-corrected chi connectivity index (χ0v) is 12.8. The number of hydrogen-bond donors (Lipinski definition) is 1. The molecule has 2 N–H and O–H groups in total. The maximum atomic E-state index is 12.7. The minimum atomic E-state index is 0.0527. The molecule has 0 radical (unpaired) electrons. The zero-order valence-electron chi connectivity index (χ0n) is 12.8. The lowest BCUT2D eigenvalue weighted by Gasteiger charge is -2.34. The van der Waals surface area contributed by atoms with Gasteiger partial charge in [-0.05, 0) is 45.2 Å². The van der Waals surface area contributed by atoms with Crippen LogP contribution in [0.5, 0.6) is 0 Å². The number of carbonyl (C=O) groups is 1. The molecule has 1 saturated carbocycles. The molecule has 0 bridgehead atoms. The highest BCUT2D eigenvalue weighted by atomic mass is 16.2. The molecule has 110 valence electrons. The maximum absolute atomic E-state index is 12.7. The SMILES string of the molecule is CC1CCC(N)C(C(=O)N2CC(C)C(N(C)C)C2)C1. The number of nitrogens with zero attached hydrogens (tertiary/aromatic N) is 2. The van der Waals surface area contributed by atoms with E-state index in [1.807, 2.05) is 0 Å². The van der Waals surface area contributed by atoms with Crippen LogP contribution in [0.1, 0.15) is 33.1 Å². The van der Waals surface area contributed by atoms with Crippen LogP contribution in [0.3, 0.4) is 0 Å². The van der Waals surface area contributed by atoms with Crippen molar-refractivity contribution in [3.8, 4) is 0 Å². The summed E-state index contributed by atoms with van der Waals surface area (Å²) in [5, 5.41) is 0. The Hall–Kier alpha value is -0.610. The highest BCUT2D eigenvalue weighted by Crippen LogP contribution is 2.31. The quantitative estimate of drug-likeness (QED) is 0.817. The average Bonchev–Trinajstić information content (AvgIpc) is 2.74. The van der Waals surface area contributed by atoms with Crippen molar-refractivity contribution >= 4 is 5.91 Å². The molecule has 0 spiro atoms. The van der Waals surface area contributed by atoms with Gasteiger partial charge in [-0.2, -0.15) is 0 Å². The molecule has 1 amide bonds. The molecule has 1 aliphatic heterocycles. The van der Waals surface area contributed by atoms with Gasteiger partial charge < -0.3 is 15.5 Å². The molecule has 19 heavy (non-hydrogen) atoms. The van der Waals surface area contributed by atoms with Crippen LogP contribution in [0.2, 0.25) is 0 Å². The summed E-state index contributed by atoms with van der Waals surface area (Å²) in [6.45, 7) is 6.23. The first-order valence-corrected chi connectivity index (χ1v) is 7.61. The van der Waals surface area contributed by atoms with Gasteiger partial charge in [0.1, 0.15) is 0 Å². The molecule has 0 aromatic carbocycles. The molecule has 1 aliphatic carbocycles. The normalized spacial score (nSPS) is 39.9. The number of rotatable bonds is 2. The molecule has 2 rings (SSSR count). The molecule has 2 fully saturated rings. The Morgan fingerprint density at radius 1 is 1.21 bits per heavy atom. The molecule has 2 aliphatic rings. The van der Waals surface area contributed by atoms with Crippen LogP contribution in [0, 0.1) is 17.8 Å². The van der Waals surface area contributed by atoms with Crippen molar-refractivity contribution in [3.63, 3.8) is 0 Å². The van der Waals surface area contributed by atoms with Crippen LogP contribution in [0.4, 0.5) is 0 Å². The second-order valence-corrected chi connectivity index (χ2v) is 6.94. The van der Waals surface area contributed by atoms with Crippen molar-refractivity contribution in [2.24, 2.45) is 23.5 Å². The van der Waals surface area contributed by atoms with E-state index in [2.05, 4.69) is 37.7 Å². The van der Waals surface area contributed by atoms with Gasteiger partial charge in [0.25, 0.3) is 0 Å². The molecule has 5 unspecified atom stereocenters. The Morgan fingerprint density at radius 3 is 2.47 bits per heavy atom. The third-order valence-corrected chi connectivity index (χ3v) is 5.03. The lowest BCUT2D eigenvalue weighted by atomic mass is 9.78. The molecule has 5 atom stereocenters. The fraction of sp³-hybridized carbons (Fsp3) is 0.933. The van der Waals surface area contributed by atoms with E-state index in [9.17, 15) is 4.79 Å². The lowest BCUT2D eigenvalue weighted by Crippen LogP contribution is -2.47. The first-order valence-electron chi connectivity index (χ1n) is 7.61. The van der Waals surface area contributed by atoms with Crippen molar-refractivity contribution in [3.05, 3.63) is 0 Å². The summed E-state index contributed by atoms with van der Waals surface area (Å²) in [4.78, 5) is 17.0. The second-order valence-electron chi connectivity index (χ2n) is 6.94. The standard InChI is InChI=1S/C15H29N3O/c1-10-5-6-13(16)12(7-10)15(19)18-8-11(2)14(9-18)17(3)4/h10-14H,5-9,16H2,1-4H3. The van der Waals surface area contributed by atoms with Gasteiger partial charge in [0, 0.05) is 25.2 Å². The van der Waals surface area contributed by atoms with Crippen LogP contribution in [-0.4, -0.2) is 55.0 Å². The monoisotopic (exact) mass is 267 g/mol. The number of likely N-dealkylation sites (N-methyl/N-ethyl adjacent to an activating group) is 1. The minimum absolute atomic E-state index is 0.0527. The summed E-state index contributed by atoms with van der Waals surface area (Å²) in [6.07, 6.45) is 3.14. The molecular weight excluding hydrogens is 238 g/mol. The topological polar surface area (TPSA) is 49.6 Å². The summed E-state index contributed by atoms with van der Waals surface area (Å²) in [6, 6.07) is 0.554. The largest absolute Gasteiger partial charge is 0.340 e. The smallest absolute Gasteiger partial charge is 0.227 e. The van der Waals surface area contributed by atoms with Crippen molar-refractivity contribution < 1.29 is 4.79 Å². The number of amides is 1. The Morgan fingerprint density at radius 2 is 1.89 bits per heavy atom. The van der Waals surface area contributed by atoms with Crippen molar-refractivity contribution in [2.75, 3.05) is 27.2 Å². The fourth-order valence-electron chi connectivity index (χ4n) is 3.72. The van der Waals surface area contributed by atoms with Gasteiger partial charge in [-0.15, -0.1) is 0 Å². The van der Waals surface area contributed by atoms with Crippen LogP contribution < -0.4 is 5.73 Å². The number of hydrogen-bond acceptors (Lipinski definition) is 3. The van der Waals surface area contributed by atoms with Gasteiger partial charge in [0.2, 0.25) is 5.91 Å². The molecule has 0 aromatic heterocycles. The van der Waals surface area contributed by atoms with Gasteiger partial charge in [0.15, 0.2) is 0 Å². The Bertz CT molecular complexity index is 331. The van der Waals surface area contributed by atoms with Gasteiger partial charge >= 0.3 is 0 Å². The lowest BCUT2D eigenvalue weighted by molar-refractivity contribution is -0.136. The molecule has 4 heteroatoms. The van der Waals surface area contributed by atoms with Gasteiger partial charge in [-0.25, -0.2) is 0 Å². The van der Waals surface area contributed by atoms with E-state index in [1.54, 1.807) is 0 Å². The van der Waals surface area contributed by atoms with E-state index in [4.69, 9.17) is 5.73 Å². The van der Waals surface area contributed by atoms with Crippen LogP contribution in [-0.2, 0) is 4.79 Å². The highest BCUT2D eigenvalue weighted by Gasteiger charge is 2.39. The Balaban J connectivity index is 2.00. The molecular formula is C15H29N3O. The van der Waals surface area contributed by atoms with E-state index in [0.29, 0.717) is 23.8 Å². The second kappa shape index (κ2) is 5.80. The Labute approximate surface area is 117 Å². The van der Waals surface area contributed by atoms with Gasteiger partial charge in [-0.3, -0.25) is 4.79 Å². The van der Waals surface area contributed by atoms with E-state index in [-0.39, 0.29) is 12.0 Å². The van der Waals surface area contributed by atoms with Crippen molar-refractivity contribution in [1.29, 1.82) is 0 Å². The van der Waals surface area contributed by atoms with E-state index < -0.39 is 0 Å². The van der Waals surface area contributed by atoms with Crippen LogP contribution in [0.25, 0.3) is 0 Å². The van der Waals surface area contributed by atoms with Crippen LogP contribution >= 0.6 is 0 Å². The van der Waals surface area contributed by atoms with Gasteiger partial charge in [0.05, 0.1) is 5.92 Å². The first-order chi connectivity index (χ1) is 8.90. The molecule has 0 aromatic rings. The van der Waals surface area contributed by atoms with Crippen molar-refractivity contribution in [1.82, 2.24) is 9.80 Å².